The molecule has 0 saturated carbocycles. The van der Waals surface area contributed by atoms with Gasteiger partial charge in [0.15, 0.2) is 0 Å². The molecule has 0 radical (unpaired) electrons. The summed E-state index contributed by atoms with van der Waals surface area (Å²) in [6.07, 6.45) is 15.0. The molecule has 2 saturated heterocycles. The lowest BCUT2D eigenvalue weighted by molar-refractivity contribution is -0.138. The first-order chi connectivity index (χ1) is 14.8. The Morgan fingerprint density at radius 3 is 2.37 bits per heavy atom. The molecule has 0 aromatic heterocycles. The van der Waals surface area contributed by atoms with Crippen molar-refractivity contribution in [1.82, 2.24) is 14.7 Å². The maximum atomic E-state index is 13.0. The van der Waals surface area contributed by atoms with Crippen LogP contribution in [0.5, 0.6) is 0 Å². The Hall–Kier alpha value is -1.91. The van der Waals surface area contributed by atoms with Gasteiger partial charge in [0.25, 0.3) is 0 Å². The molecule has 4 nitrogen and oxygen atoms in total. The smallest absolute Gasteiger partial charge is 0.225 e. The Kier molecular flexibility index (Phi) is 7.76. The number of piperidine rings is 1. The molecule has 1 aliphatic carbocycles. The van der Waals surface area contributed by atoms with Gasteiger partial charge in [-0.25, -0.2) is 0 Å². The Labute approximate surface area is 182 Å². The Morgan fingerprint density at radius 2 is 1.67 bits per heavy atom. The van der Waals surface area contributed by atoms with Crippen LogP contribution in [0.25, 0.3) is 6.08 Å². The fraction of sp³-hybridized carbons (Fsp3) is 0.577. The number of rotatable bonds is 6. The van der Waals surface area contributed by atoms with Crippen molar-refractivity contribution in [2.24, 2.45) is 11.8 Å². The van der Waals surface area contributed by atoms with Gasteiger partial charge in [-0.05, 0) is 56.7 Å². The molecular formula is C26H37N3O. The van der Waals surface area contributed by atoms with Crippen LogP contribution in [0.15, 0.2) is 48.6 Å². The maximum absolute atomic E-state index is 13.0. The maximum Gasteiger partial charge on any atom is 0.225 e. The van der Waals surface area contributed by atoms with Crippen molar-refractivity contribution in [3.63, 3.8) is 0 Å². The monoisotopic (exact) mass is 407 g/mol. The summed E-state index contributed by atoms with van der Waals surface area (Å²) < 4.78 is 0. The quantitative estimate of drug-likeness (QED) is 0.669. The zero-order valence-corrected chi connectivity index (χ0v) is 18.3. The number of piperazine rings is 1. The number of hydrogen-bond donors (Lipinski definition) is 0. The summed E-state index contributed by atoms with van der Waals surface area (Å²) in [6, 6.07) is 10.4. The summed E-state index contributed by atoms with van der Waals surface area (Å²) in [4.78, 5) is 20.2. The van der Waals surface area contributed by atoms with Gasteiger partial charge in [-0.15, -0.1) is 0 Å². The van der Waals surface area contributed by atoms with Gasteiger partial charge in [0.1, 0.15) is 0 Å². The van der Waals surface area contributed by atoms with E-state index in [0.29, 0.717) is 5.91 Å². The van der Waals surface area contributed by atoms with Crippen LogP contribution in [0.4, 0.5) is 0 Å². The highest BCUT2D eigenvalue weighted by Crippen LogP contribution is 2.24. The van der Waals surface area contributed by atoms with E-state index < -0.39 is 0 Å². The molecule has 2 aliphatic heterocycles. The van der Waals surface area contributed by atoms with E-state index in [-0.39, 0.29) is 5.92 Å². The minimum absolute atomic E-state index is 0.247. The number of carbonyl (C=O) groups is 1. The molecule has 0 N–H and O–H groups in total. The van der Waals surface area contributed by atoms with Crippen LogP contribution in [0, 0.1) is 11.8 Å². The molecule has 1 amide bonds. The van der Waals surface area contributed by atoms with Crippen LogP contribution in [0.1, 0.15) is 37.7 Å². The first-order valence-corrected chi connectivity index (χ1v) is 11.9. The molecule has 1 aromatic rings. The van der Waals surface area contributed by atoms with Gasteiger partial charge in [-0.3, -0.25) is 9.69 Å². The largest absolute Gasteiger partial charge is 0.340 e. The van der Waals surface area contributed by atoms with Gasteiger partial charge in [0.05, 0.1) is 0 Å². The molecule has 162 valence electrons. The SMILES string of the molecule is O=C(C1CCN(C[C@H]2CC=CCC2)CC1)N1CCN(C/C=C/c2ccccc2)CC1. The molecule has 4 rings (SSSR count). The summed E-state index contributed by atoms with van der Waals surface area (Å²) in [6.45, 7) is 8.12. The van der Waals surface area contributed by atoms with Crippen molar-refractivity contribution in [2.45, 2.75) is 32.1 Å². The highest BCUT2D eigenvalue weighted by molar-refractivity contribution is 5.79. The molecule has 0 bridgehead atoms. The standard InChI is InChI=1S/C26H37N3O/c30-26(25-13-16-28(17-14-25)22-24-10-5-2-6-11-24)29-20-18-27(19-21-29)15-7-12-23-8-3-1-4-9-23/h1-5,7-9,12,24-25H,6,10-11,13-22H2/b12-7+/t24-/m0/s1. The Bertz CT molecular complexity index is 713. The van der Waals surface area contributed by atoms with Crippen molar-refractivity contribution in [3.8, 4) is 0 Å². The average Bonchev–Trinajstić information content (AvgIpc) is 2.81. The van der Waals surface area contributed by atoms with Crippen molar-refractivity contribution < 1.29 is 4.79 Å². The van der Waals surface area contributed by atoms with E-state index in [1.54, 1.807) is 0 Å². The number of hydrogen-bond acceptors (Lipinski definition) is 3. The lowest BCUT2D eigenvalue weighted by atomic mass is 9.91. The summed E-state index contributed by atoms with van der Waals surface area (Å²) in [5.74, 6) is 1.48. The second-order valence-electron chi connectivity index (χ2n) is 9.16. The minimum Gasteiger partial charge on any atom is -0.340 e. The molecule has 1 aromatic carbocycles. The molecule has 2 heterocycles. The predicted octanol–water partition coefficient (Wildman–Crippen LogP) is 3.91. The first kappa shape index (κ1) is 21.3. The molecule has 4 heteroatoms. The summed E-state index contributed by atoms with van der Waals surface area (Å²) >= 11 is 0. The molecule has 0 spiro atoms. The van der Waals surface area contributed by atoms with Gasteiger partial charge in [0.2, 0.25) is 5.91 Å². The second kappa shape index (κ2) is 10.9. The third-order valence-corrected chi connectivity index (χ3v) is 6.99. The summed E-state index contributed by atoms with van der Waals surface area (Å²) in [5.41, 5.74) is 1.25. The third-order valence-electron chi connectivity index (χ3n) is 6.99. The van der Waals surface area contributed by atoms with Gasteiger partial charge >= 0.3 is 0 Å². The van der Waals surface area contributed by atoms with Crippen LogP contribution < -0.4 is 0 Å². The topological polar surface area (TPSA) is 26.8 Å². The average molecular weight is 408 g/mol. The highest BCUT2D eigenvalue weighted by atomic mass is 16.2. The van der Waals surface area contributed by atoms with E-state index in [2.05, 4.69) is 63.3 Å². The van der Waals surface area contributed by atoms with Crippen molar-refractivity contribution in [1.29, 1.82) is 0 Å². The normalized spacial score (nSPS) is 24.5. The number of nitrogens with zero attached hydrogens (tertiary/aromatic N) is 3. The van der Waals surface area contributed by atoms with Crippen LogP contribution >= 0.6 is 0 Å². The van der Waals surface area contributed by atoms with E-state index in [1.165, 1.54) is 31.4 Å². The fourth-order valence-corrected chi connectivity index (χ4v) is 5.06. The Balaban J connectivity index is 1.15. The Morgan fingerprint density at radius 1 is 0.900 bits per heavy atom. The lowest BCUT2D eigenvalue weighted by Gasteiger charge is -2.39. The van der Waals surface area contributed by atoms with Crippen LogP contribution in [-0.4, -0.2) is 73.0 Å². The summed E-state index contributed by atoms with van der Waals surface area (Å²) in [7, 11) is 0. The molecule has 2 fully saturated rings. The van der Waals surface area contributed by atoms with E-state index in [4.69, 9.17) is 0 Å². The second-order valence-corrected chi connectivity index (χ2v) is 9.16. The van der Waals surface area contributed by atoms with E-state index in [1.807, 2.05) is 6.07 Å². The zero-order valence-electron chi connectivity index (χ0n) is 18.3. The van der Waals surface area contributed by atoms with Gasteiger partial charge in [-0.2, -0.15) is 0 Å². The first-order valence-electron chi connectivity index (χ1n) is 11.9. The van der Waals surface area contributed by atoms with E-state index in [0.717, 1.165) is 64.6 Å². The van der Waals surface area contributed by atoms with Gasteiger partial charge in [0, 0.05) is 45.2 Å². The van der Waals surface area contributed by atoms with Crippen LogP contribution in [-0.2, 0) is 4.79 Å². The van der Waals surface area contributed by atoms with Crippen LogP contribution in [0.3, 0.4) is 0 Å². The molecule has 1 atom stereocenters. The minimum atomic E-state index is 0.247. The van der Waals surface area contributed by atoms with E-state index >= 15 is 0 Å². The molecule has 0 unspecified atom stereocenters. The highest BCUT2D eigenvalue weighted by Gasteiger charge is 2.30. The van der Waals surface area contributed by atoms with Crippen LogP contribution in [0.2, 0.25) is 0 Å². The molecular weight excluding hydrogens is 370 g/mol. The van der Waals surface area contributed by atoms with Crippen molar-refractivity contribution in [3.05, 3.63) is 54.1 Å². The number of allylic oxidation sites excluding steroid dienone is 2. The number of carbonyl (C=O) groups excluding carboxylic acids is 1. The number of amides is 1. The fourth-order valence-electron chi connectivity index (χ4n) is 5.06. The molecule has 3 aliphatic rings. The number of benzene rings is 1. The van der Waals surface area contributed by atoms with Gasteiger partial charge < -0.3 is 9.80 Å². The summed E-state index contributed by atoms with van der Waals surface area (Å²) in [5, 5.41) is 0. The van der Waals surface area contributed by atoms with Crippen molar-refractivity contribution in [2.75, 3.05) is 52.4 Å². The lowest BCUT2D eigenvalue weighted by Crippen LogP contribution is -2.51. The van der Waals surface area contributed by atoms with Crippen molar-refractivity contribution >= 4 is 12.0 Å². The third kappa shape index (κ3) is 6.05. The predicted molar refractivity (Wildman–Crippen MR) is 124 cm³/mol. The van der Waals surface area contributed by atoms with Gasteiger partial charge in [-0.1, -0.05) is 54.6 Å². The van der Waals surface area contributed by atoms with E-state index in [9.17, 15) is 4.79 Å². The number of likely N-dealkylation sites (tertiary alicyclic amines) is 1. The zero-order chi connectivity index (χ0) is 20.6. The molecule has 30 heavy (non-hydrogen) atoms.